The first-order valence-electron chi connectivity index (χ1n) is 8.25. The summed E-state index contributed by atoms with van der Waals surface area (Å²) in [7, 11) is 0. The van der Waals surface area contributed by atoms with Gasteiger partial charge in [-0.2, -0.15) is 0 Å². The summed E-state index contributed by atoms with van der Waals surface area (Å²) in [6, 6.07) is 28.5. The molecule has 1 amide bonds. The van der Waals surface area contributed by atoms with Gasteiger partial charge in [-0.05, 0) is 30.2 Å². The van der Waals surface area contributed by atoms with Crippen molar-refractivity contribution in [1.29, 1.82) is 0 Å². The quantitative estimate of drug-likeness (QED) is 0.632. The SMILES string of the molecule is Cc1cccc([C@H]2[C@@H](c3ccccc3)C(=O)N2c2ccccc2)c1. The molecule has 0 radical (unpaired) electrons. The highest BCUT2D eigenvalue weighted by atomic mass is 16.2. The van der Waals surface area contributed by atoms with Crippen molar-refractivity contribution in [2.45, 2.75) is 18.9 Å². The van der Waals surface area contributed by atoms with Crippen LogP contribution in [0.25, 0.3) is 0 Å². The third kappa shape index (κ3) is 2.41. The molecule has 0 spiro atoms. The van der Waals surface area contributed by atoms with Crippen molar-refractivity contribution in [3.05, 3.63) is 102 Å². The third-order valence-corrected chi connectivity index (χ3v) is 4.67. The number of aryl methyl sites for hydroxylation is 1. The van der Waals surface area contributed by atoms with E-state index in [1.807, 2.05) is 65.6 Å². The Hall–Kier alpha value is -2.87. The van der Waals surface area contributed by atoms with Crippen molar-refractivity contribution < 1.29 is 4.79 Å². The summed E-state index contributed by atoms with van der Waals surface area (Å²) in [6.07, 6.45) is 0. The average molecular weight is 313 g/mol. The molecule has 2 heteroatoms. The number of para-hydroxylation sites is 1. The lowest BCUT2D eigenvalue weighted by Crippen LogP contribution is -2.53. The van der Waals surface area contributed by atoms with Crippen LogP contribution >= 0.6 is 0 Å². The molecule has 2 nitrogen and oxygen atoms in total. The van der Waals surface area contributed by atoms with E-state index in [-0.39, 0.29) is 17.9 Å². The van der Waals surface area contributed by atoms with E-state index in [0.29, 0.717) is 0 Å². The molecule has 0 saturated carbocycles. The fourth-order valence-corrected chi connectivity index (χ4v) is 3.55. The van der Waals surface area contributed by atoms with Crippen LogP contribution in [0.5, 0.6) is 0 Å². The van der Waals surface area contributed by atoms with Crippen molar-refractivity contribution in [2.24, 2.45) is 0 Å². The molecule has 1 aliphatic heterocycles. The van der Waals surface area contributed by atoms with Gasteiger partial charge >= 0.3 is 0 Å². The summed E-state index contributed by atoms with van der Waals surface area (Å²) in [5, 5.41) is 0. The first-order chi connectivity index (χ1) is 11.8. The number of nitrogens with zero attached hydrogens (tertiary/aromatic N) is 1. The summed E-state index contributed by atoms with van der Waals surface area (Å²) in [5.41, 5.74) is 4.45. The number of hydrogen-bond acceptors (Lipinski definition) is 1. The molecule has 0 aliphatic carbocycles. The smallest absolute Gasteiger partial charge is 0.237 e. The summed E-state index contributed by atoms with van der Waals surface area (Å²) >= 11 is 0. The van der Waals surface area contributed by atoms with E-state index in [2.05, 4.69) is 31.2 Å². The molecule has 118 valence electrons. The van der Waals surface area contributed by atoms with Crippen LogP contribution in [0.4, 0.5) is 5.69 Å². The molecule has 3 aromatic carbocycles. The maximum atomic E-state index is 13.0. The average Bonchev–Trinajstić information content (AvgIpc) is 2.61. The number of anilines is 1. The number of benzene rings is 3. The van der Waals surface area contributed by atoms with Gasteiger partial charge in [0.05, 0.1) is 12.0 Å². The van der Waals surface area contributed by atoms with Crippen molar-refractivity contribution in [1.82, 2.24) is 0 Å². The zero-order valence-electron chi connectivity index (χ0n) is 13.6. The molecular formula is C22H19NO. The number of β-lactam (4-membered cyclic amide) rings is 1. The Bertz CT molecular complexity index is 808. The van der Waals surface area contributed by atoms with Crippen LogP contribution in [-0.2, 0) is 4.79 Å². The number of amides is 1. The molecule has 1 saturated heterocycles. The largest absolute Gasteiger partial charge is 0.303 e. The van der Waals surface area contributed by atoms with E-state index in [9.17, 15) is 4.79 Å². The molecule has 2 atom stereocenters. The van der Waals surface area contributed by atoms with Crippen LogP contribution in [-0.4, -0.2) is 5.91 Å². The summed E-state index contributed by atoms with van der Waals surface area (Å²) in [6.45, 7) is 2.09. The lowest BCUT2D eigenvalue weighted by atomic mass is 9.77. The van der Waals surface area contributed by atoms with Gasteiger partial charge in [0.15, 0.2) is 0 Å². The Morgan fingerprint density at radius 2 is 1.38 bits per heavy atom. The van der Waals surface area contributed by atoms with Crippen LogP contribution in [0, 0.1) is 6.92 Å². The number of hydrogen-bond donors (Lipinski definition) is 0. The van der Waals surface area contributed by atoms with E-state index in [1.165, 1.54) is 11.1 Å². The number of carbonyl (C=O) groups is 1. The van der Waals surface area contributed by atoms with Gasteiger partial charge in [-0.15, -0.1) is 0 Å². The molecule has 24 heavy (non-hydrogen) atoms. The molecular weight excluding hydrogens is 294 g/mol. The van der Waals surface area contributed by atoms with Crippen LogP contribution in [0.2, 0.25) is 0 Å². The van der Waals surface area contributed by atoms with E-state index in [4.69, 9.17) is 0 Å². The lowest BCUT2D eigenvalue weighted by Gasteiger charge is -2.47. The second-order valence-electron chi connectivity index (χ2n) is 6.29. The Kier molecular flexibility index (Phi) is 3.66. The predicted molar refractivity (Wildman–Crippen MR) is 97.0 cm³/mol. The van der Waals surface area contributed by atoms with Gasteiger partial charge in [0.1, 0.15) is 0 Å². The standard InChI is InChI=1S/C22H19NO/c1-16-9-8-12-18(15-16)21-20(17-10-4-2-5-11-17)22(24)23(21)19-13-6-3-7-14-19/h2-15,20-21H,1H3/t20-,21+/m1/s1. The van der Waals surface area contributed by atoms with Crippen molar-refractivity contribution in [2.75, 3.05) is 4.90 Å². The van der Waals surface area contributed by atoms with E-state index in [0.717, 1.165) is 11.3 Å². The van der Waals surface area contributed by atoms with Crippen LogP contribution < -0.4 is 4.90 Å². The highest BCUT2D eigenvalue weighted by Gasteiger charge is 2.49. The molecule has 0 N–H and O–H groups in total. The first-order valence-corrected chi connectivity index (χ1v) is 8.25. The zero-order chi connectivity index (χ0) is 16.5. The molecule has 4 rings (SSSR count). The van der Waals surface area contributed by atoms with Crippen LogP contribution in [0.1, 0.15) is 28.7 Å². The molecule has 0 unspecified atom stereocenters. The van der Waals surface area contributed by atoms with Gasteiger partial charge in [0.25, 0.3) is 0 Å². The number of rotatable bonds is 3. The summed E-state index contributed by atoms with van der Waals surface area (Å²) in [5.74, 6) is 0.0483. The number of carbonyl (C=O) groups excluding carboxylic acids is 1. The first kappa shape index (κ1) is 14.7. The molecule has 1 fully saturated rings. The van der Waals surface area contributed by atoms with Crippen LogP contribution in [0.3, 0.4) is 0 Å². The fourth-order valence-electron chi connectivity index (χ4n) is 3.55. The molecule has 0 aromatic heterocycles. The Balaban J connectivity index is 1.80. The minimum atomic E-state index is -0.117. The molecule has 0 bridgehead atoms. The Labute approximate surface area is 142 Å². The van der Waals surface area contributed by atoms with E-state index in [1.54, 1.807) is 0 Å². The second kappa shape index (κ2) is 5.97. The van der Waals surface area contributed by atoms with Crippen LogP contribution in [0.15, 0.2) is 84.9 Å². The van der Waals surface area contributed by atoms with Gasteiger partial charge in [-0.3, -0.25) is 4.79 Å². The van der Waals surface area contributed by atoms with Crippen molar-refractivity contribution in [3.8, 4) is 0 Å². The summed E-state index contributed by atoms with van der Waals surface area (Å²) in [4.78, 5) is 14.9. The molecule has 1 heterocycles. The second-order valence-corrected chi connectivity index (χ2v) is 6.29. The maximum Gasteiger partial charge on any atom is 0.237 e. The van der Waals surface area contributed by atoms with Crippen molar-refractivity contribution in [3.63, 3.8) is 0 Å². The highest BCUT2D eigenvalue weighted by molar-refractivity contribution is 6.06. The highest BCUT2D eigenvalue weighted by Crippen LogP contribution is 2.48. The normalized spacial score (nSPS) is 19.9. The van der Waals surface area contributed by atoms with E-state index < -0.39 is 0 Å². The monoisotopic (exact) mass is 313 g/mol. The van der Waals surface area contributed by atoms with Gasteiger partial charge in [-0.1, -0.05) is 78.4 Å². The minimum Gasteiger partial charge on any atom is -0.303 e. The van der Waals surface area contributed by atoms with Crippen molar-refractivity contribution >= 4 is 11.6 Å². The summed E-state index contributed by atoms with van der Waals surface area (Å²) < 4.78 is 0. The molecule has 3 aromatic rings. The van der Waals surface area contributed by atoms with Gasteiger partial charge in [0.2, 0.25) is 5.91 Å². The minimum absolute atomic E-state index is 0.0437. The topological polar surface area (TPSA) is 20.3 Å². The Morgan fingerprint density at radius 3 is 2.04 bits per heavy atom. The van der Waals surface area contributed by atoms with Gasteiger partial charge in [0, 0.05) is 5.69 Å². The van der Waals surface area contributed by atoms with E-state index >= 15 is 0 Å². The lowest BCUT2D eigenvalue weighted by molar-refractivity contribution is -0.126. The fraction of sp³-hybridized carbons (Fsp3) is 0.136. The Morgan fingerprint density at radius 1 is 0.750 bits per heavy atom. The third-order valence-electron chi connectivity index (χ3n) is 4.67. The predicted octanol–water partition coefficient (Wildman–Crippen LogP) is 4.87. The molecule has 1 aliphatic rings. The maximum absolute atomic E-state index is 13.0. The van der Waals surface area contributed by atoms with Gasteiger partial charge < -0.3 is 4.90 Å². The zero-order valence-corrected chi connectivity index (χ0v) is 13.6. The van der Waals surface area contributed by atoms with Gasteiger partial charge in [-0.25, -0.2) is 0 Å².